The monoisotopic (exact) mass is 288 g/mol. The van der Waals surface area contributed by atoms with Crippen molar-refractivity contribution in [2.45, 2.75) is 32.7 Å². The second-order valence-electron chi connectivity index (χ2n) is 5.63. The molecule has 2 aromatic rings. The van der Waals surface area contributed by atoms with E-state index in [1.807, 2.05) is 45.0 Å². The molecule has 2 N–H and O–H groups in total. The molecule has 0 saturated carbocycles. The van der Waals surface area contributed by atoms with E-state index in [0.29, 0.717) is 5.69 Å². The van der Waals surface area contributed by atoms with Gasteiger partial charge >= 0.3 is 5.97 Å². The van der Waals surface area contributed by atoms with Gasteiger partial charge in [0.2, 0.25) is 0 Å². The molecule has 1 heterocycles. The molecule has 0 atom stereocenters. The van der Waals surface area contributed by atoms with Gasteiger partial charge in [0.1, 0.15) is 5.69 Å². The summed E-state index contributed by atoms with van der Waals surface area (Å²) in [6.07, 6.45) is 0.800. The Labute approximate surface area is 123 Å². The number of hydrogen-bond acceptors (Lipinski definition) is 3. The van der Waals surface area contributed by atoms with Crippen molar-refractivity contribution in [3.63, 3.8) is 0 Å². The molecule has 112 valence electrons. The van der Waals surface area contributed by atoms with Crippen molar-refractivity contribution in [3.8, 4) is 0 Å². The summed E-state index contributed by atoms with van der Waals surface area (Å²) >= 11 is 0. The number of rotatable bonds is 5. The molecule has 21 heavy (non-hydrogen) atoms. The van der Waals surface area contributed by atoms with Crippen LogP contribution in [0, 0.1) is 0 Å². The van der Waals surface area contributed by atoms with Crippen molar-refractivity contribution in [3.05, 3.63) is 36.0 Å². The summed E-state index contributed by atoms with van der Waals surface area (Å²) in [5.41, 5.74) is 0.907. The third-order valence-electron chi connectivity index (χ3n) is 3.45. The predicted molar refractivity (Wildman–Crippen MR) is 81.1 cm³/mol. The van der Waals surface area contributed by atoms with Gasteiger partial charge in [-0.05, 0) is 32.4 Å². The molecule has 0 bridgehead atoms. The van der Waals surface area contributed by atoms with Crippen LogP contribution in [0.25, 0.3) is 10.9 Å². The lowest BCUT2D eigenvalue weighted by molar-refractivity contribution is -0.125. The third kappa shape index (κ3) is 3.84. The molecule has 5 heteroatoms. The van der Waals surface area contributed by atoms with Crippen LogP contribution in [0.4, 0.5) is 0 Å². The zero-order valence-electron chi connectivity index (χ0n) is 12.5. The Bertz CT molecular complexity index is 625. The number of carbonyl (C=O) groups is 2. The van der Waals surface area contributed by atoms with Crippen LogP contribution in [0.1, 0.15) is 37.7 Å². The quantitative estimate of drug-likeness (QED) is 0.831. The second kappa shape index (κ2) is 5.99. The molecular weight excluding hydrogens is 268 g/mol. The molecule has 5 nitrogen and oxygen atoms in total. The maximum absolute atomic E-state index is 11.9. The van der Waals surface area contributed by atoms with Crippen molar-refractivity contribution in [2.24, 2.45) is 0 Å². The molecular formula is C16H20N2O3. The normalized spacial score (nSPS) is 11.4. The van der Waals surface area contributed by atoms with Crippen LogP contribution in [0.3, 0.4) is 0 Å². The molecule has 1 amide bonds. The fourth-order valence-electron chi connectivity index (χ4n) is 1.89. The molecule has 0 aliphatic heterocycles. The number of amides is 1. The number of aromatic amines is 1. The van der Waals surface area contributed by atoms with Gasteiger partial charge in [-0.1, -0.05) is 25.1 Å². The van der Waals surface area contributed by atoms with Crippen LogP contribution in [-0.4, -0.2) is 29.0 Å². The van der Waals surface area contributed by atoms with Gasteiger partial charge in [0, 0.05) is 16.4 Å². The van der Waals surface area contributed by atoms with Crippen LogP contribution in [0.15, 0.2) is 30.3 Å². The lowest BCUT2D eigenvalue weighted by Gasteiger charge is -2.24. The van der Waals surface area contributed by atoms with Gasteiger partial charge in [-0.3, -0.25) is 4.79 Å². The third-order valence-corrected chi connectivity index (χ3v) is 3.45. The van der Waals surface area contributed by atoms with E-state index in [9.17, 15) is 9.59 Å². The molecule has 0 spiro atoms. The number of esters is 1. The fourth-order valence-corrected chi connectivity index (χ4v) is 1.89. The number of para-hydroxylation sites is 1. The van der Waals surface area contributed by atoms with Gasteiger partial charge in [-0.2, -0.15) is 0 Å². The second-order valence-corrected chi connectivity index (χ2v) is 5.63. The Balaban J connectivity index is 1.94. The molecule has 0 unspecified atom stereocenters. The van der Waals surface area contributed by atoms with Gasteiger partial charge in [0.15, 0.2) is 6.61 Å². The standard InChI is InChI=1S/C16H20N2O3/c1-4-16(2,3)18-14(19)10-21-15(20)13-9-11-7-5-6-8-12(11)17-13/h5-9,17H,4,10H2,1-3H3,(H,18,19). The van der Waals surface area contributed by atoms with Gasteiger partial charge in [0.25, 0.3) is 5.91 Å². The fraction of sp³-hybridized carbons (Fsp3) is 0.375. The largest absolute Gasteiger partial charge is 0.451 e. The zero-order valence-corrected chi connectivity index (χ0v) is 12.5. The zero-order chi connectivity index (χ0) is 15.5. The lowest BCUT2D eigenvalue weighted by atomic mass is 10.0. The van der Waals surface area contributed by atoms with E-state index in [0.717, 1.165) is 17.3 Å². The van der Waals surface area contributed by atoms with E-state index in [-0.39, 0.29) is 18.1 Å². The first kappa shape index (κ1) is 15.1. The highest BCUT2D eigenvalue weighted by Crippen LogP contribution is 2.15. The Morgan fingerprint density at radius 1 is 1.29 bits per heavy atom. The highest BCUT2D eigenvalue weighted by Gasteiger charge is 2.19. The van der Waals surface area contributed by atoms with E-state index >= 15 is 0 Å². The van der Waals surface area contributed by atoms with Crippen LogP contribution in [0.2, 0.25) is 0 Å². The molecule has 0 saturated heterocycles. The minimum absolute atomic E-state index is 0.280. The average molecular weight is 288 g/mol. The number of hydrogen-bond donors (Lipinski definition) is 2. The summed E-state index contributed by atoms with van der Waals surface area (Å²) in [6, 6.07) is 9.27. The molecule has 1 aromatic carbocycles. The summed E-state index contributed by atoms with van der Waals surface area (Å²) in [5.74, 6) is -0.832. The van der Waals surface area contributed by atoms with E-state index in [1.165, 1.54) is 0 Å². The van der Waals surface area contributed by atoms with Crippen LogP contribution in [-0.2, 0) is 9.53 Å². The van der Waals surface area contributed by atoms with E-state index in [2.05, 4.69) is 10.3 Å². The molecule has 1 aromatic heterocycles. The highest BCUT2D eigenvalue weighted by atomic mass is 16.5. The molecule has 0 radical (unpaired) electrons. The minimum atomic E-state index is -0.532. The number of fused-ring (bicyclic) bond motifs is 1. The van der Waals surface area contributed by atoms with Gasteiger partial charge in [-0.15, -0.1) is 0 Å². The maximum atomic E-state index is 11.9. The van der Waals surface area contributed by atoms with E-state index in [1.54, 1.807) is 6.07 Å². The van der Waals surface area contributed by atoms with Crippen LogP contribution in [0.5, 0.6) is 0 Å². The van der Waals surface area contributed by atoms with Gasteiger partial charge in [-0.25, -0.2) is 4.79 Å². The van der Waals surface area contributed by atoms with Crippen molar-refractivity contribution in [1.82, 2.24) is 10.3 Å². The minimum Gasteiger partial charge on any atom is -0.451 e. The Hall–Kier alpha value is -2.30. The molecule has 0 fully saturated rings. The van der Waals surface area contributed by atoms with Crippen LogP contribution >= 0.6 is 0 Å². The molecule has 2 rings (SSSR count). The topological polar surface area (TPSA) is 71.2 Å². The SMILES string of the molecule is CCC(C)(C)NC(=O)COC(=O)c1cc2ccccc2[nH]1. The number of aromatic nitrogens is 1. The van der Waals surface area contributed by atoms with Crippen molar-refractivity contribution in [2.75, 3.05) is 6.61 Å². The number of nitrogens with one attached hydrogen (secondary N) is 2. The Morgan fingerprint density at radius 3 is 2.67 bits per heavy atom. The van der Waals surface area contributed by atoms with E-state index in [4.69, 9.17) is 4.74 Å². The van der Waals surface area contributed by atoms with Crippen LogP contribution < -0.4 is 5.32 Å². The summed E-state index contributed by atoms with van der Waals surface area (Å²) < 4.78 is 5.03. The highest BCUT2D eigenvalue weighted by molar-refractivity contribution is 5.95. The Morgan fingerprint density at radius 2 is 2.00 bits per heavy atom. The number of benzene rings is 1. The van der Waals surface area contributed by atoms with E-state index < -0.39 is 5.97 Å². The van der Waals surface area contributed by atoms with Crippen molar-refractivity contribution in [1.29, 1.82) is 0 Å². The van der Waals surface area contributed by atoms with Crippen molar-refractivity contribution >= 4 is 22.8 Å². The maximum Gasteiger partial charge on any atom is 0.355 e. The first-order valence-corrected chi connectivity index (χ1v) is 6.97. The first-order chi connectivity index (χ1) is 9.91. The Kier molecular flexibility index (Phi) is 4.31. The summed E-state index contributed by atoms with van der Waals surface area (Å²) in [4.78, 5) is 26.6. The molecule has 0 aliphatic rings. The van der Waals surface area contributed by atoms with Gasteiger partial charge < -0.3 is 15.0 Å². The van der Waals surface area contributed by atoms with Crippen molar-refractivity contribution < 1.29 is 14.3 Å². The number of ether oxygens (including phenoxy) is 1. The first-order valence-electron chi connectivity index (χ1n) is 6.97. The smallest absolute Gasteiger partial charge is 0.355 e. The average Bonchev–Trinajstić information content (AvgIpc) is 2.88. The lowest BCUT2D eigenvalue weighted by Crippen LogP contribution is -2.44. The number of H-pyrrole nitrogens is 1. The molecule has 0 aliphatic carbocycles. The summed E-state index contributed by atoms with van der Waals surface area (Å²) in [6.45, 7) is 5.54. The number of carbonyl (C=O) groups excluding carboxylic acids is 2. The van der Waals surface area contributed by atoms with Gasteiger partial charge in [0.05, 0.1) is 0 Å². The summed E-state index contributed by atoms with van der Waals surface area (Å²) in [5, 5.41) is 3.74. The predicted octanol–water partition coefficient (Wildman–Crippen LogP) is 2.63. The summed E-state index contributed by atoms with van der Waals surface area (Å²) in [7, 11) is 0.